The van der Waals surface area contributed by atoms with Crippen molar-refractivity contribution in [2.24, 2.45) is 12.5 Å². The highest BCUT2D eigenvalue weighted by atomic mass is 35.5. The SMILES string of the molecule is CNC(c1c(Cl)cnn1C)C(C)(C)C. The molecule has 0 radical (unpaired) electrons. The molecule has 80 valence electrons. The third-order valence-electron chi connectivity index (χ3n) is 2.37. The van der Waals surface area contributed by atoms with Gasteiger partial charge < -0.3 is 5.32 Å². The van der Waals surface area contributed by atoms with E-state index in [4.69, 9.17) is 11.6 Å². The quantitative estimate of drug-likeness (QED) is 0.821. The van der Waals surface area contributed by atoms with Gasteiger partial charge in [0.25, 0.3) is 0 Å². The van der Waals surface area contributed by atoms with Crippen molar-refractivity contribution in [1.29, 1.82) is 0 Å². The van der Waals surface area contributed by atoms with Gasteiger partial charge in [-0.2, -0.15) is 5.10 Å². The fourth-order valence-corrected chi connectivity index (χ4v) is 2.00. The number of nitrogens with one attached hydrogen (secondary N) is 1. The summed E-state index contributed by atoms with van der Waals surface area (Å²) < 4.78 is 1.83. The third-order valence-corrected chi connectivity index (χ3v) is 2.66. The molecule has 1 unspecified atom stereocenters. The molecule has 1 aromatic heterocycles. The molecule has 1 N–H and O–H groups in total. The second kappa shape index (κ2) is 3.91. The normalized spacial score (nSPS) is 14.4. The zero-order valence-corrected chi connectivity index (χ0v) is 10.2. The maximum atomic E-state index is 6.10. The summed E-state index contributed by atoms with van der Waals surface area (Å²) in [7, 11) is 3.86. The Hall–Kier alpha value is -0.540. The molecule has 0 aliphatic heterocycles. The molecule has 4 heteroatoms. The predicted octanol–water partition coefficient (Wildman–Crippen LogP) is 2.38. The summed E-state index contributed by atoms with van der Waals surface area (Å²) in [4.78, 5) is 0. The van der Waals surface area contributed by atoms with Crippen LogP contribution in [0.15, 0.2) is 6.20 Å². The largest absolute Gasteiger partial charge is 0.311 e. The van der Waals surface area contributed by atoms with Crippen LogP contribution in [0.5, 0.6) is 0 Å². The van der Waals surface area contributed by atoms with Crippen LogP contribution >= 0.6 is 11.6 Å². The van der Waals surface area contributed by atoms with Gasteiger partial charge in [0.15, 0.2) is 0 Å². The van der Waals surface area contributed by atoms with Crippen LogP contribution in [0.2, 0.25) is 5.02 Å². The Kier molecular flexibility index (Phi) is 3.22. The number of aromatic nitrogens is 2. The molecular formula is C10H18ClN3. The maximum absolute atomic E-state index is 6.10. The Labute approximate surface area is 90.4 Å². The monoisotopic (exact) mass is 215 g/mol. The molecule has 3 nitrogen and oxygen atoms in total. The Bertz CT molecular complexity index is 292. The van der Waals surface area contributed by atoms with E-state index in [0.717, 1.165) is 10.7 Å². The first-order valence-corrected chi connectivity index (χ1v) is 5.10. The van der Waals surface area contributed by atoms with Gasteiger partial charge in [0.2, 0.25) is 0 Å². The van der Waals surface area contributed by atoms with E-state index in [9.17, 15) is 0 Å². The second-order valence-corrected chi connectivity index (χ2v) is 5.00. The summed E-state index contributed by atoms with van der Waals surface area (Å²) in [5.41, 5.74) is 1.16. The molecular weight excluding hydrogens is 198 g/mol. The lowest BCUT2D eigenvalue weighted by atomic mass is 9.85. The van der Waals surface area contributed by atoms with Gasteiger partial charge in [0, 0.05) is 7.05 Å². The van der Waals surface area contributed by atoms with Gasteiger partial charge in [-0.15, -0.1) is 0 Å². The molecule has 0 fully saturated rings. The second-order valence-electron chi connectivity index (χ2n) is 4.59. The number of halogens is 1. The fraction of sp³-hybridized carbons (Fsp3) is 0.700. The number of aryl methyl sites for hydroxylation is 1. The van der Waals surface area contributed by atoms with Gasteiger partial charge in [0.05, 0.1) is 23.0 Å². The summed E-state index contributed by atoms with van der Waals surface area (Å²) in [6.45, 7) is 6.53. The minimum Gasteiger partial charge on any atom is -0.311 e. The van der Waals surface area contributed by atoms with Crippen LogP contribution < -0.4 is 5.32 Å². The van der Waals surface area contributed by atoms with E-state index >= 15 is 0 Å². The fourth-order valence-electron chi connectivity index (χ4n) is 1.72. The highest BCUT2D eigenvalue weighted by Crippen LogP contribution is 2.35. The molecule has 0 aromatic carbocycles. The predicted molar refractivity (Wildman–Crippen MR) is 59.5 cm³/mol. The molecule has 1 aromatic rings. The van der Waals surface area contributed by atoms with E-state index in [1.54, 1.807) is 6.20 Å². The summed E-state index contributed by atoms with van der Waals surface area (Å²) >= 11 is 6.10. The molecule has 0 saturated carbocycles. The maximum Gasteiger partial charge on any atom is 0.0834 e. The van der Waals surface area contributed by atoms with Crippen molar-refractivity contribution in [1.82, 2.24) is 15.1 Å². The highest BCUT2D eigenvalue weighted by molar-refractivity contribution is 6.31. The minimum absolute atomic E-state index is 0.117. The van der Waals surface area contributed by atoms with E-state index in [-0.39, 0.29) is 11.5 Å². The first-order chi connectivity index (χ1) is 6.38. The van der Waals surface area contributed by atoms with Crippen molar-refractivity contribution in [2.45, 2.75) is 26.8 Å². The van der Waals surface area contributed by atoms with E-state index < -0.39 is 0 Å². The van der Waals surface area contributed by atoms with Crippen molar-refractivity contribution in [3.05, 3.63) is 16.9 Å². The molecule has 0 spiro atoms. The van der Waals surface area contributed by atoms with Crippen LogP contribution in [0.1, 0.15) is 32.5 Å². The third kappa shape index (κ3) is 2.10. The van der Waals surface area contributed by atoms with Gasteiger partial charge in [0.1, 0.15) is 0 Å². The zero-order valence-electron chi connectivity index (χ0n) is 9.43. The standard InChI is InChI=1S/C10H18ClN3/c1-10(2,3)9(12-4)8-7(11)6-13-14(8)5/h6,9,12H,1-5H3. The molecule has 1 heterocycles. The van der Waals surface area contributed by atoms with Crippen molar-refractivity contribution in [3.63, 3.8) is 0 Å². The molecule has 0 aliphatic rings. The number of hydrogen-bond donors (Lipinski definition) is 1. The zero-order chi connectivity index (χ0) is 10.9. The van der Waals surface area contributed by atoms with E-state index in [0.29, 0.717) is 0 Å². The number of hydrogen-bond acceptors (Lipinski definition) is 2. The van der Waals surface area contributed by atoms with Crippen LogP contribution in [0.25, 0.3) is 0 Å². The average Bonchev–Trinajstić information content (AvgIpc) is 2.34. The number of rotatable bonds is 2. The Morgan fingerprint density at radius 1 is 1.50 bits per heavy atom. The summed E-state index contributed by atoms with van der Waals surface area (Å²) in [5.74, 6) is 0. The molecule has 14 heavy (non-hydrogen) atoms. The highest BCUT2D eigenvalue weighted by Gasteiger charge is 2.28. The van der Waals surface area contributed by atoms with Crippen molar-refractivity contribution >= 4 is 11.6 Å². The van der Waals surface area contributed by atoms with Gasteiger partial charge in [-0.25, -0.2) is 0 Å². The van der Waals surface area contributed by atoms with Crippen molar-refractivity contribution in [3.8, 4) is 0 Å². The summed E-state index contributed by atoms with van der Waals surface area (Å²) in [5, 5.41) is 8.15. The van der Waals surface area contributed by atoms with Gasteiger partial charge in [-0.1, -0.05) is 32.4 Å². The lowest BCUT2D eigenvalue weighted by Crippen LogP contribution is -2.31. The lowest BCUT2D eigenvalue weighted by Gasteiger charge is -2.30. The Morgan fingerprint density at radius 2 is 2.07 bits per heavy atom. The van der Waals surface area contributed by atoms with Gasteiger partial charge in [-0.05, 0) is 12.5 Å². The molecule has 1 atom stereocenters. The topological polar surface area (TPSA) is 29.9 Å². The van der Waals surface area contributed by atoms with E-state index in [1.807, 2.05) is 18.8 Å². The molecule has 0 saturated heterocycles. The van der Waals surface area contributed by atoms with Crippen LogP contribution in [0, 0.1) is 5.41 Å². The summed E-state index contributed by atoms with van der Waals surface area (Å²) in [6.07, 6.45) is 1.69. The van der Waals surface area contributed by atoms with Crippen molar-refractivity contribution in [2.75, 3.05) is 7.05 Å². The smallest absolute Gasteiger partial charge is 0.0834 e. The Morgan fingerprint density at radius 3 is 2.36 bits per heavy atom. The molecule has 0 bridgehead atoms. The lowest BCUT2D eigenvalue weighted by molar-refractivity contribution is 0.275. The van der Waals surface area contributed by atoms with Crippen LogP contribution in [0.4, 0.5) is 0 Å². The Balaban J connectivity index is 3.13. The van der Waals surface area contributed by atoms with E-state index in [1.165, 1.54) is 0 Å². The van der Waals surface area contributed by atoms with E-state index in [2.05, 4.69) is 31.2 Å². The molecule has 0 amide bonds. The summed E-state index contributed by atoms with van der Waals surface area (Å²) in [6, 6.07) is 0.211. The van der Waals surface area contributed by atoms with Crippen molar-refractivity contribution < 1.29 is 0 Å². The molecule has 0 aliphatic carbocycles. The minimum atomic E-state index is 0.117. The first-order valence-electron chi connectivity index (χ1n) is 4.72. The van der Waals surface area contributed by atoms with Crippen LogP contribution in [-0.2, 0) is 7.05 Å². The van der Waals surface area contributed by atoms with Gasteiger partial charge >= 0.3 is 0 Å². The average molecular weight is 216 g/mol. The molecule has 1 rings (SSSR count). The van der Waals surface area contributed by atoms with Crippen LogP contribution in [-0.4, -0.2) is 16.8 Å². The number of nitrogens with zero attached hydrogens (tertiary/aromatic N) is 2. The first kappa shape index (κ1) is 11.5. The van der Waals surface area contributed by atoms with Gasteiger partial charge in [-0.3, -0.25) is 4.68 Å². The van der Waals surface area contributed by atoms with Crippen LogP contribution in [0.3, 0.4) is 0 Å².